The standard InChI is InChI=1S/C46H106N12O/c1-5-9-37(23-50)13-40(26-53)15-41(27-54)16-43(29-56)18-44(12-36(8-4)22-49)30-57-32-46(59)33-58-31-45(17-39(25-52)11-35(7-3)21-48)19-42(28-55)14-38(24-51)10-34(6-2)20-47/h34-46,57-59H,5-33,47-56H2,1-4H3. The highest BCUT2D eigenvalue weighted by Crippen LogP contribution is 2.31. The summed E-state index contributed by atoms with van der Waals surface area (Å²) < 4.78 is 0. The summed E-state index contributed by atoms with van der Waals surface area (Å²) in [6.45, 7) is 18.2. The number of nitrogens with two attached hydrogens (primary N) is 10. The number of hydrogen-bond acceptors (Lipinski definition) is 13. The van der Waals surface area contributed by atoms with Crippen molar-refractivity contribution in [1.29, 1.82) is 0 Å². The number of nitrogens with one attached hydrogen (secondary N) is 2. The van der Waals surface area contributed by atoms with E-state index in [-0.39, 0.29) is 0 Å². The van der Waals surface area contributed by atoms with Crippen molar-refractivity contribution in [2.75, 3.05) is 91.6 Å². The molecular formula is C46H106N12O. The van der Waals surface area contributed by atoms with Crippen molar-refractivity contribution in [3.63, 3.8) is 0 Å². The molecule has 356 valence electrons. The molecule has 13 heteroatoms. The predicted molar refractivity (Wildman–Crippen MR) is 256 cm³/mol. The minimum atomic E-state index is -0.515. The third kappa shape index (κ3) is 27.3. The molecule has 0 bridgehead atoms. The van der Waals surface area contributed by atoms with E-state index in [2.05, 4.69) is 38.3 Å². The van der Waals surface area contributed by atoms with Crippen molar-refractivity contribution in [2.45, 2.75) is 130 Å². The molecule has 13 nitrogen and oxygen atoms in total. The fourth-order valence-electron chi connectivity index (χ4n) is 9.98. The summed E-state index contributed by atoms with van der Waals surface area (Å²) in [5.41, 5.74) is 62.7. The molecule has 0 heterocycles. The second-order valence-corrected chi connectivity index (χ2v) is 19.1. The van der Waals surface area contributed by atoms with Gasteiger partial charge >= 0.3 is 0 Å². The second kappa shape index (κ2) is 38.0. The Bertz CT molecular complexity index is 896. The van der Waals surface area contributed by atoms with Crippen LogP contribution < -0.4 is 68.0 Å². The Morgan fingerprint density at radius 2 is 0.525 bits per heavy atom. The van der Waals surface area contributed by atoms with Crippen molar-refractivity contribution < 1.29 is 5.11 Å². The van der Waals surface area contributed by atoms with Crippen LogP contribution in [0, 0.1) is 71.0 Å². The first-order valence-electron chi connectivity index (χ1n) is 24.6. The maximum Gasteiger partial charge on any atom is 0.0788 e. The molecule has 0 aromatic rings. The van der Waals surface area contributed by atoms with Gasteiger partial charge in [-0.3, -0.25) is 0 Å². The minimum absolute atomic E-state index is 0.370. The van der Waals surface area contributed by atoms with Crippen molar-refractivity contribution in [3.8, 4) is 0 Å². The monoisotopic (exact) mass is 843 g/mol. The van der Waals surface area contributed by atoms with Gasteiger partial charge in [-0.1, -0.05) is 53.4 Å². The Morgan fingerprint density at radius 1 is 0.305 bits per heavy atom. The molecular weight excluding hydrogens is 737 g/mol. The van der Waals surface area contributed by atoms with Crippen LogP contribution in [0.1, 0.15) is 124 Å². The lowest BCUT2D eigenvalue weighted by molar-refractivity contribution is 0.158. The van der Waals surface area contributed by atoms with E-state index in [1.54, 1.807) is 0 Å². The largest absolute Gasteiger partial charge is 0.390 e. The molecule has 59 heavy (non-hydrogen) atoms. The Hall–Kier alpha value is -0.520. The van der Waals surface area contributed by atoms with Crippen LogP contribution in [0.2, 0.25) is 0 Å². The molecule has 0 rings (SSSR count). The normalized spacial score (nSPS) is 19.0. The lowest BCUT2D eigenvalue weighted by Crippen LogP contribution is -2.40. The van der Waals surface area contributed by atoms with E-state index in [1.165, 1.54) is 0 Å². The van der Waals surface area contributed by atoms with Gasteiger partial charge in [-0.25, -0.2) is 0 Å². The molecule has 0 aromatic carbocycles. The zero-order valence-corrected chi connectivity index (χ0v) is 39.2. The highest BCUT2D eigenvalue weighted by atomic mass is 16.3. The molecule has 0 spiro atoms. The van der Waals surface area contributed by atoms with Gasteiger partial charge < -0.3 is 73.1 Å². The quantitative estimate of drug-likeness (QED) is 0.0420. The van der Waals surface area contributed by atoms with E-state index < -0.39 is 6.10 Å². The van der Waals surface area contributed by atoms with Crippen LogP contribution >= 0.6 is 0 Å². The maximum absolute atomic E-state index is 11.2. The lowest BCUT2D eigenvalue weighted by Gasteiger charge is -2.31. The van der Waals surface area contributed by atoms with Crippen molar-refractivity contribution in [2.24, 2.45) is 128 Å². The van der Waals surface area contributed by atoms with Gasteiger partial charge in [-0.05, 0) is 220 Å². The number of rotatable bonds is 43. The van der Waals surface area contributed by atoms with Crippen LogP contribution in [0.4, 0.5) is 0 Å². The summed E-state index contributed by atoms with van der Waals surface area (Å²) in [6.07, 6.45) is 15.3. The molecule has 23 N–H and O–H groups in total. The van der Waals surface area contributed by atoms with E-state index in [0.29, 0.717) is 150 Å². The number of aliphatic hydroxyl groups is 1. The number of hydrogen-bond donors (Lipinski definition) is 13. The van der Waals surface area contributed by atoms with E-state index in [0.717, 1.165) is 109 Å². The average molecular weight is 843 g/mol. The third-order valence-electron chi connectivity index (χ3n) is 14.1. The molecule has 0 amide bonds. The van der Waals surface area contributed by atoms with Gasteiger partial charge in [0.15, 0.2) is 0 Å². The van der Waals surface area contributed by atoms with Gasteiger partial charge in [-0.2, -0.15) is 0 Å². The van der Waals surface area contributed by atoms with Crippen molar-refractivity contribution in [1.82, 2.24) is 10.6 Å². The minimum Gasteiger partial charge on any atom is -0.390 e. The van der Waals surface area contributed by atoms with Crippen LogP contribution in [-0.4, -0.2) is 103 Å². The Kier molecular flexibility index (Phi) is 37.6. The molecule has 13 unspecified atom stereocenters. The summed E-state index contributed by atoms with van der Waals surface area (Å²) >= 11 is 0. The predicted octanol–water partition coefficient (Wildman–Crippen LogP) is 2.44. The molecule has 13 atom stereocenters. The lowest BCUT2D eigenvalue weighted by atomic mass is 9.78. The molecule has 0 aliphatic rings. The first-order valence-corrected chi connectivity index (χ1v) is 24.6. The Labute approximate surface area is 364 Å². The molecule has 0 aliphatic carbocycles. The van der Waals surface area contributed by atoms with Gasteiger partial charge in [0.2, 0.25) is 0 Å². The van der Waals surface area contributed by atoms with Gasteiger partial charge in [0.25, 0.3) is 0 Å². The van der Waals surface area contributed by atoms with Crippen LogP contribution in [0.15, 0.2) is 0 Å². The van der Waals surface area contributed by atoms with Crippen molar-refractivity contribution in [3.05, 3.63) is 0 Å². The van der Waals surface area contributed by atoms with E-state index >= 15 is 0 Å². The van der Waals surface area contributed by atoms with Gasteiger partial charge in [-0.15, -0.1) is 0 Å². The Balaban J connectivity index is 5.59. The average Bonchev–Trinajstić information content (AvgIpc) is 3.25. The Morgan fingerprint density at radius 3 is 0.763 bits per heavy atom. The van der Waals surface area contributed by atoms with E-state index in [9.17, 15) is 5.11 Å². The van der Waals surface area contributed by atoms with Crippen LogP contribution in [0.5, 0.6) is 0 Å². The molecule has 0 aliphatic heterocycles. The second-order valence-electron chi connectivity index (χ2n) is 19.1. The fraction of sp³-hybridized carbons (Fsp3) is 1.00. The number of aliphatic hydroxyl groups excluding tert-OH is 1. The van der Waals surface area contributed by atoms with Crippen LogP contribution in [0.25, 0.3) is 0 Å². The van der Waals surface area contributed by atoms with Gasteiger partial charge in [0, 0.05) is 13.1 Å². The van der Waals surface area contributed by atoms with Crippen molar-refractivity contribution >= 4 is 0 Å². The SMILES string of the molecule is CCCC(CN)CC(CN)CC(CN)CC(CN)CC(CNCC(O)CNCC(CC(CN)CC(CC)CN)CC(CN)CC(CN)CC(CC)CN)CC(CC)CN. The summed E-state index contributed by atoms with van der Waals surface area (Å²) in [5, 5.41) is 18.5. The zero-order chi connectivity index (χ0) is 44.4. The highest BCUT2D eigenvalue weighted by molar-refractivity contribution is 4.81. The first-order chi connectivity index (χ1) is 28.5. The molecule has 0 saturated heterocycles. The van der Waals surface area contributed by atoms with E-state index in [1.807, 2.05) is 0 Å². The molecule has 0 saturated carbocycles. The topological polar surface area (TPSA) is 304 Å². The molecule has 0 fully saturated rings. The maximum atomic E-state index is 11.2. The van der Waals surface area contributed by atoms with Gasteiger partial charge in [0.05, 0.1) is 6.10 Å². The van der Waals surface area contributed by atoms with Crippen LogP contribution in [-0.2, 0) is 0 Å². The summed E-state index contributed by atoms with van der Waals surface area (Å²) in [4.78, 5) is 0. The van der Waals surface area contributed by atoms with Gasteiger partial charge in [0.1, 0.15) is 0 Å². The van der Waals surface area contributed by atoms with Crippen LogP contribution in [0.3, 0.4) is 0 Å². The third-order valence-corrected chi connectivity index (χ3v) is 14.1. The van der Waals surface area contributed by atoms with E-state index in [4.69, 9.17) is 57.3 Å². The first kappa shape index (κ1) is 58.5. The molecule has 0 aromatic heterocycles. The smallest absolute Gasteiger partial charge is 0.0788 e. The zero-order valence-electron chi connectivity index (χ0n) is 39.2. The summed E-state index contributed by atoms with van der Waals surface area (Å²) in [6, 6.07) is 0. The summed E-state index contributed by atoms with van der Waals surface area (Å²) in [5.74, 6) is 5.15. The summed E-state index contributed by atoms with van der Waals surface area (Å²) in [7, 11) is 0. The fourth-order valence-corrected chi connectivity index (χ4v) is 9.98. The highest BCUT2D eigenvalue weighted by Gasteiger charge is 2.26. The molecule has 0 radical (unpaired) electrons.